The van der Waals surface area contributed by atoms with Gasteiger partial charge in [-0.15, -0.1) is 0 Å². The second-order valence-corrected chi connectivity index (χ2v) is 10.4. The third-order valence-electron chi connectivity index (χ3n) is 5.19. The summed E-state index contributed by atoms with van der Waals surface area (Å²) in [7, 11) is -0.144. The van der Waals surface area contributed by atoms with Crippen molar-refractivity contribution in [2.75, 3.05) is 7.05 Å². The van der Waals surface area contributed by atoms with Crippen LogP contribution < -0.4 is 4.80 Å². The average molecular weight is 432 g/mol. The Morgan fingerprint density at radius 1 is 1.10 bits per heavy atom. The van der Waals surface area contributed by atoms with Crippen LogP contribution in [-0.2, 0) is 17.1 Å². The van der Waals surface area contributed by atoms with Crippen molar-refractivity contribution >= 4 is 37.5 Å². The van der Waals surface area contributed by atoms with E-state index in [0.717, 1.165) is 10.2 Å². The van der Waals surface area contributed by atoms with Gasteiger partial charge in [-0.2, -0.15) is 9.30 Å². The summed E-state index contributed by atoms with van der Waals surface area (Å²) in [5.41, 5.74) is 3.77. The van der Waals surface area contributed by atoms with Crippen LogP contribution in [0.15, 0.2) is 46.3 Å². The van der Waals surface area contributed by atoms with E-state index in [2.05, 4.69) is 24.9 Å². The number of amides is 1. The van der Waals surface area contributed by atoms with E-state index in [1.165, 1.54) is 51.0 Å². The van der Waals surface area contributed by atoms with Crippen molar-refractivity contribution in [3.63, 3.8) is 0 Å². The van der Waals surface area contributed by atoms with Gasteiger partial charge in [0.25, 0.3) is 5.91 Å². The van der Waals surface area contributed by atoms with Crippen molar-refractivity contribution in [3.8, 4) is 0 Å². The number of carbonyl (C=O) groups excluding carboxylic acids is 1. The fraction of sp³-hybridized carbons (Fsp3) is 0.333. The van der Waals surface area contributed by atoms with Crippen LogP contribution in [0, 0.1) is 13.8 Å². The highest BCUT2D eigenvalue weighted by atomic mass is 32.2. The van der Waals surface area contributed by atoms with Gasteiger partial charge in [-0.3, -0.25) is 4.79 Å². The molecular weight excluding hydrogens is 406 g/mol. The minimum Gasteiger partial charge on any atom is -0.319 e. The molecule has 0 aliphatic carbocycles. The molecule has 0 bridgehead atoms. The van der Waals surface area contributed by atoms with E-state index in [1.807, 2.05) is 31.5 Å². The van der Waals surface area contributed by atoms with Crippen LogP contribution in [-0.4, -0.2) is 36.3 Å². The largest absolute Gasteiger partial charge is 0.319 e. The fourth-order valence-corrected chi connectivity index (χ4v) is 5.44. The predicted octanol–water partition coefficient (Wildman–Crippen LogP) is 3.63. The second-order valence-electron chi connectivity index (χ2n) is 7.35. The summed E-state index contributed by atoms with van der Waals surface area (Å²) in [5.74, 6) is -0.400. The molecule has 8 heteroatoms. The standard InChI is InChI=1S/C21H25N3O3S2/c1-13(2)24(6)29(26,27)17-10-8-16(9-11-17)20(25)22-21-23(5)19-15(4)14(3)7-12-18(19)28-21/h7-13H,1-6H3. The van der Waals surface area contributed by atoms with Gasteiger partial charge in [0.2, 0.25) is 10.0 Å². The van der Waals surface area contributed by atoms with Crippen LogP contribution in [0.2, 0.25) is 0 Å². The zero-order valence-corrected chi connectivity index (χ0v) is 19.1. The Balaban J connectivity index is 1.97. The predicted molar refractivity (Wildman–Crippen MR) is 117 cm³/mol. The number of carbonyl (C=O) groups is 1. The number of rotatable bonds is 4. The van der Waals surface area contributed by atoms with Crippen molar-refractivity contribution in [1.82, 2.24) is 8.87 Å². The summed E-state index contributed by atoms with van der Waals surface area (Å²) in [4.78, 5) is 17.7. The summed E-state index contributed by atoms with van der Waals surface area (Å²) >= 11 is 1.46. The number of nitrogens with zero attached hydrogens (tertiary/aromatic N) is 3. The maximum atomic E-state index is 12.7. The molecule has 2 aromatic carbocycles. The summed E-state index contributed by atoms with van der Waals surface area (Å²) in [6.45, 7) is 7.73. The molecule has 3 rings (SSSR count). The van der Waals surface area contributed by atoms with Crippen LogP contribution in [0.4, 0.5) is 0 Å². The Bertz CT molecular complexity index is 1250. The Morgan fingerprint density at radius 3 is 2.31 bits per heavy atom. The van der Waals surface area contributed by atoms with E-state index < -0.39 is 15.9 Å². The Hall–Kier alpha value is -2.29. The Labute approximate surface area is 175 Å². The van der Waals surface area contributed by atoms with E-state index >= 15 is 0 Å². The molecule has 0 radical (unpaired) electrons. The van der Waals surface area contributed by atoms with Gasteiger partial charge in [-0.05, 0) is 69.2 Å². The molecule has 0 unspecified atom stereocenters. The van der Waals surface area contributed by atoms with E-state index in [0.29, 0.717) is 10.4 Å². The molecule has 0 aliphatic rings. The maximum absolute atomic E-state index is 12.7. The number of sulfonamides is 1. The average Bonchev–Trinajstić information content (AvgIpc) is 3.00. The van der Waals surface area contributed by atoms with Gasteiger partial charge in [0.15, 0.2) is 4.80 Å². The molecule has 0 N–H and O–H groups in total. The molecule has 0 spiro atoms. The lowest BCUT2D eigenvalue weighted by atomic mass is 10.1. The molecule has 1 aromatic heterocycles. The minimum atomic E-state index is -3.58. The zero-order valence-electron chi connectivity index (χ0n) is 17.4. The number of fused-ring (bicyclic) bond motifs is 1. The molecule has 1 heterocycles. The summed E-state index contributed by atoms with van der Waals surface area (Å²) in [6, 6.07) is 9.87. The lowest BCUT2D eigenvalue weighted by Crippen LogP contribution is -2.33. The number of thiazole rings is 1. The van der Waals surface area contributed by atoms with Crippen LogP contribution in [0.25, 0.3) is 10.2 Å². The molecular formula is C21H25N3O3S2. The molecule has 0 fully saturated rings. The van der Waals surface area contributed by atoms with Crippen molar-refractivity contribution in [1.29, 1.82) is 0 Å². The number of benzene rings is 2. The van der Waals surface area contributed by atoms with Crippen molar-refractivity contribution < 1.29 is 13.2 Å². The van der Waals surface area contributed by atoms with Gasteiger partial charge < -0.3 is 4.57 Å². The summed E-state index contributed by atoms with van der Waals surface area (Å²) in [6.07, 6.45) is 0. The summed E-state index contributed by atoms with van der Waals surface area (Å²) < 4.78 is 29.4. The van der Waals surface area contributed by atoms with Gasteiger partial charge in [0.05, 0.1) is 15.1 Å². The number of aryl methyl sites for hydroxylation is 3. The highest BCUT2D eigenvalue weighted by molar-refractivity contribution is 7.89. The second kappa shape index (κ2) is 7.85. The molecule has 0 aliphatic heterocycles. The Kier molecular flexibility index (Phi) is 5.80. The van der Waals surface area contributed by atoms with Gasteiger partial charge in [0.1, 0.15) is 0 Å². The van der Waals surface area contributed by atoms with Crippen molar-refractivity contribution in [3.05, 3.63) is 57.9 Å². The number of hydrogen-bond donors (Lipinski definition) is 0. The van der Waals surface area contributed by atoms with E-state index in [4.69, 9.17) is 0 Å². The van der Waals surface area contributed by atoms with E-state index in [9.17, 15) is 13.2 Å². The van der Waals surface area contributed by atoms with Crippen LogP contribution in [0.3, 0.4) is 0 Å². The zero-order chi connectivity index (χ0) is 21.5. The van der Waals surface area contributed by atoms with Crippen LogP contribution in [0.1, 0.15) is 35.3 Å². The molecule has 1 amide bonds. The van der Waals surface area contributed by atoms with Gasteiger partial charge in [-0.25, -0.2) is 8.42 Å². The first kappa shape index (κ1) is 21.4. The monoisotopic (exact) mass is 431 g/mol. The Morgan fingerprint density at radius 2 is 1.72 bits per heavy atom. The first-order valence-electron chi connectivity index (χ1n) is 9.27. The SMILES string of the molecule is Cc1ccc2sc(=NC(=O)c3ccc(S(=O)(=O)N(C)C(C)C)cc3)n(C)c2c1C. The molecule has 0 atom stereocenters. The normalized spacial score (nSPS) is 13.0. The number of aromatic nitrogens is 1. The lowest BCUT2D eigenvalue weighted by molar-refractivity contribution is 0.0998. The third kappa shape index (κ3) is 3.92. The minimum absolute atomic E-state index is 0.156. The smallest absolute Gasteiger partial charge is 0.279 e. The highest BCUT2D eigenvalue weighted by Gasteiger charge is 2.23. The van der Waals surface area contributed by atoms with E-state index in [1.54, 1.807) is 7.05 Å². The summed E-state index contributed by atoms with van der Waals surface area (Å²) in [5, 5.41) is 0. The molecule has 6 nitrogen and oxygen atoms in total. The molecule has 0 saturated carbocycles. The third-order valence-corrected chi connectivity index (χ3v) is 8.34. The molecule has 0 saturated heterocycles. The maximum Gasteiger partial charge on any atom is 0.279 e. The first-order chi connectivity index (χ1) is 13.5. The quantitative estimate of drug-likeness (QED) is 0.633. The van der Waals surface area contributed by atoms with Crippen molar-refractivity contribution in [2.45, 2.75) is 38.6 Å². The van der Waals surface area contributed by atoms with Gasteiger partial charge in [-0.1, -0.05) is 17.4 Å². The molecule has 3 aromatic rings. The van der Waals surface area contributed by atoms with E-state index in [-0.39, 0.29) is 10.9 Å². The fourth-order valence-electron chi connectivity index (χ4n) is 3.00. The molecule has 154 valence electrons. The highest BCUT2D eigenvalue weighted by Crippen LogP contribution is 2.23. The van der Waals surface area contributed by atoms with Gasteiger partial charge >= 0.3 is 0 Å². The van der Waals surface area contributed by atoms with Crippen LogP contribution >= 0.6 is 11.3 Å². The lowest BCUT2D eigenvalue weighted by Gasteiger charge is -2.20. The topological polar surface area (TPSA) is 71.7 Å². The van der Waals surface area contributed by atoms with Gasteiger partial charge in [0, 0.05) is 25.7 Å². The van der Waals surface area contributed by atoms with Crippen LogP contribution in [0.5, 0.6) is 0 Å². The first-order valence-corrected chi connectivity index (χ1v) is 11.5. The number of hydrogen-bond acceptors (Lipinski definition) is 4. The van der Waals surface area contributed by atoms with Crippen molar-refractivity contribution in [2.24, 2.45) is 12.0 Å². The molecule has 29 heavy (non-hydrogen) atoms.